The normalized spacial score (nSPS) is 9.89. The summed E-state index contributed by atoms with van der Waals surface area (Å²) in [7, 11) is 1.58. The second-order valence-corrected chi connectivity index (χ2v) is 4.23. The van der Waals surface area contributed by atoms with Gasteiger partial charge in [-0.05, 0) is 37.1 Å². The third-order valence-corrected chi connectivity index (χ3v) is 2.71. The monoisotopic (exact) mass is 268 g/mol. The zero-order valence-corrected chi connectivity index (χ0v) is 11.1. The molecule has 0 unspecified atom stereocenters. The SMILES string of the molecule is CNC(=O)c1ccc(NC(=O)CCCCCl)cc1. The van der Waals surface area contributed by atoms with Crippen molar-refractivity contribution >= 4 is 29.1 Å². The van der Waals surface area contributed by atoms with Crippen LogP contribution in [0.15, 0.2) is 24.3 Å². The Morgan fingerprint density at radius 3 is 2.39 bits per heavy atom. The highest BCUT2D eigenvalue weighted by Crippen LogP contribution is 2.10. The van der Waals surface area contributed by atoms with Crippen LogP contribution in [-0.4, -0.2) is 24.7 Å². The number of nitrogens with one attached hydrogen (secondary N) is 2. The fourth-order valence-electron chi connectivity index (χ4n) is 1.45. The van der Waals surface area contributed by atoms with Gasteiger partial charge in [0.1, 0.15) is 0 Å². The average Bonchev–Trinajstić information content (AvgIpc) is 2.39. The third kappa shape index (κ3) is 4.75. The maximum Gasteiger partial charge on any atom is 0.251 e. The van der Waals surface area contributed by atoms with E-state index >= 15 is 0 Å². The van der Waals surface area contributed by atoms with Gasteiger partial charge >= 0.3 is 0 Å². The number of carbonyl (C=O) groups excluding carboxylic acids is 2. The molecule has 0 spiro atoms. The van der Waals surface area contributed by atoms with Crippen LogP contribution in [0.5, 0.6) is 0 Å². The van der Waals surface area contributed by atoms with Crippen LogP contribution >= 0.6 is 11.6 Å². The van der Waals surface area contributed by atoms with Gasteiger partial charge in [0.25, 0.3) is 5.91 Å². The van der Waals surface area contributed by atoms with Crippen LogP contribution in [-0.2, 0) is 4.79 Å². The predicted octanol–water partition coefficient (Wildman–Crippen LogP) is 2.39. The highest BCUT2D eigenvalue weighted by Gasteiger charge is 2.04. The number of amides is 2. The Bertz CT molecular complexity index is 404. The zero-order chi connectivity index (χ0) is 13.4. The van der Waals surface area contributed by atoms with E-state index in [0.717, 1.165) is 12.8 Å². The Hall–Kier alpha value is -1.55. The minimum absolute atomic E-state index is 0.0344. The molecule has 0 aliphatic rings. The number of unbranched alkanes of at least 4 members (excludes halogenated alkanes) is 1. The van der Waals surface area contributed by atoms with Crippen LogP contribution in [0.1, 0.15) is 29.6 Å². The maximum absolute atomic E-state index is 11.5. The molecule has 1 aromatic carbocycles. The van der Waals surface area contributed by atoms with Crippen molar-refractivity contribution in [3.63, 3.8) is 0 Å². The first-order chi connectivity index (χ1) is 8.67. The molecule has 0 aromatic heterocycles. The summed E-state index contributed by atoms with van der Waals surface area (Å²) in [4.78, 5) is 22.8. The van der Waals surface area contributed by atoms with Crippen molar-refractivity contribution < 1.29 is 9.59 Å². The standard InChI is InChI=1S/C13H17ClN2O2/c1-15-13(18)10-5-7-11(8-6-10)16-12(17)4-2-3-9-14/h5-8H,2-4,9H2,1H3,(H,15,18)(H,16,17). The first kappa shape index (κ1) is 14.5. The van der Waals surface area contributed by atoms with Gasteiger partial charge in [-0.3, -0.25) is 9.59 Å². The summed E-state index contributed by atoms with van der Waals surface area (Å²) in [5, 5.41) is 5.31. The molecule has 0 atom stereocenters. The summed E-state index contributed by atoms with van der Waals surface area (Å²) < 4.78 is 0. The molecular formula is C13H17ClN2O2. The zero-order valence-electron chi connectivity index (χ0n) is 10.3. The van der Waals surface area contributed by atoms with E-state index in [2.05, 4.69) is 10.6 Å². The maximum atomic E-state index is 11.5. The van der Waals surface area contributed by atoms with Crippen LogP contribution in [0.2, 0.25) is 0 Å². The van der Waals surface area contributed by atoms with Crippen molar-refractivity contribution in [2.75, 3.05) is 18.2 Å². The van der Waals surface area contributed by atoms with Crippen molar-refractivity contribution in [3.05, 3.63) is 29.8 Å². The number of benzene rings is 1. The van der Waals surface area contributed by atoms with Gasteiger partial charge in [0, 0.05) is 30.6 Å². The fourth-order valence-corrected chi connectivity index (χ4v) is 1.64. The minimum atomic E-state index is -0.144. The van der Waals surface area contributed by atoms with Crippen molar-refractivity contribution in [2.45, 2.75) is 19.3 Å². The topological polar surface area (TPSA) is 58.2 Å². The van der Waals surface area contributed by atoms with Crippen LogP contribution in [0.25, 0.3) is 0 Å². The van der Waals surface area contributed by atoms with E-state index in [1.54, 1.807) is 31.3 Å². The van der Waals surface area contributed by atoms with E-state index in [1.165, 1.54) is 0 Å². The minimum Gasteiger partial charge on any atom is -0.355 e. The highest BCUT2D eigenvalue weighted by atomic mass is 35.5. The summed E-state index contributed by atoms with van der Waals surface area (Å²) in [5.74, 6) is 0.400. The first-order valence-electron chi connectivity index (χ1n) is 5.85. The van der Waals surface area contributed by atoms with E-state index in [1.807, 2.05) is 0 Å². The van der Waals surface area contributed by atoms with Gasteiger partial charge in [-0.25, -0.2) is 0 Å². The Kier molecular flexibility index (Phi) is 6.22. The quantitative estimate of drug-likeness (QED) is 0.615. The van der Waals surface area contributed by atoms with Gasteiger partial charge in [-0.2, -0.15) is 0 Å². The van der Waals surface area contributed by atoms with Gasteiger partial charge in [-0.15, -0.1) is 11.6 Å². The lowest BCUT2D eigenvalue weighted by Crippen LogP contribution is -2.17. The Morgan fingerprint density at radius 2 is 1.83 bits per heavy atom. The molecule has 0 bridgehead atoms. The van der Waals surface area contributed by atoms with Gasteiger partial charge in [0.2, 0.25) is 5.91 Å². The molecule has 1 rings (SSSR count). The number of carbonyl (C=O) groups is 2. The highest BCUT2D eigenvalue weighted by molar-refractivity contribution is 6.17. The molecule has 0 aliphatic heterocycles. The largest absolute Gasteiger partial charge is 0.355 e. The second kappa shape index (κ2) is 7.71. The number of hydrogen-bond acceptors (Lipinski definition) is 2. The Balaban J connectivity index is 2.48. The van der Waals surface area contributed by atoms with E-state index in [-0.39, 0.29) is 11.8 Å². The van der Waals surface area contributed by atoms with Crippen molar-refractivity contribution in [1.29, 1.82) is 0 Å². The molecule has 0 heterocycles. The average molecular weight is 269 g/mol. The first-order valence-corrected chi connectivity index (χ1v) is 6.38. The van der Waals surface area contributed by atoms with Crippen LogP contribution in [0.4, 0.5) is 5.69 Å². The van der Waals surface area contributed by atoms with Crippen molar-refractivity contribution in [3.8, 4) is 0 Å². The Labute approximate surface area is 112 Å². The fraction of sp³-hybridized carbons (Fsp3) is 0.385. The van der Waals surface area contributed by atoms with Gasteiger partial charge in [0.05, 0.1) is 0 Å². The third-order valence-electron chi connectivity index (χ3n) is 2.45. The summed E-state index contributed by atoms with van der Waals surface area (Å²) in [6.07, 6.45) is 2.08. The lowest BCUT2D eigenvalue weighted by Gasteiger charge is -2.05. The molecule has 2 N–H and O–H groups in total. The van der Waals surface area contributed by atoms with Crippen molar-refractivity contribution in [1.82, 2.24) is 5.32 Å². The molecule has 5 heteroatoms. The molecule has 0 fully saturated rings. The second-order valence-electron chi connectivity index (χ2n) is 3.85. The molecular weight excluding hydrogens is 252 g/mol. The summed E-state index contributed by atoms with van der Waals surface area (Å²) in [6.45, 7) is 0. The molecule has 18 heavy (non-hydrogen) atoms. The summed E-state index contributed by atoms with van der Waals surface area (Å²) in [6, 6.07) is 6.77. The van der Waals surface area contributed by atoms with Crippen LogP contribution < -0.4 is 10.6 Å². The van der Waals surface area contributed by atoms with Gasteiger partial charge < -0.3 is 10.6 Å². The van der Waals surface area contributed by atoms with Gasteiger partial charge in [-0.1, -0.05) is 0 Å². The molecule has 0 saturated heterocycles. The number of rotatable bonds is 6. The van der Waals surface area contributed by atoms with Crippen LogP contribution in [0.3, 0.4) is 0 Å². The predicted molar refractivity (Wildman–Crippen MR) is 73.0 cm³/mol. The van der Waals surface area contributed by atoms with Crippen molar-refractivity contribution in [2.24, 2.45) is 0 Å². The molecule has 2 amide bonds. The molecule has 0 radical (unpaired) electrons. The molecule has 0 saturated carbocycles. The van der Waals surface area contributed by atoms with E-state index in [9.17, 15) is 9.59 Å². The molecule has 1 aromatic rings. The number of alkyl halides is 1. The molecule has 4 nitrogen and oxygen atoms in total. The lowest BCUT2D eigenvalue weighted by molar-refractivity contribution is -0.116. The van der Waals surface area contributed by atoms with Crippen LogP contribution in [0, 0.1) is 0 Å². The number of hydrogen-bond donors (Lipinski definition) is 2. The molecule has 0 aliphatic carbocycles. The number of halogens is 1. The van der Waals surface area contributed by atoms with E-state index in [4.69, 9.17) is 11.6 Å². The van der Waals surface area contributed by atoms with E-state index in [0.29, 0.717) is 23.6 Å². The molecule has 98 valence electrons. The Morgan fingerprint density at radius 1 is 1.17 bits per heavy atom. The summed E-state index contributed by atoms with van der Waals surface area (Å²) in [5.41, 5.74) is 1.26. The van der Waals surface area contributed by atoms with Gasteiger partial charge in [0.15, 0.2) is 0 Å². The van der Waals surface area contributed by atoms with E-state index < -0.39 is 0 Å². The number of anilines is 1. The summed E-state index contributed by atoms with van der Waals surface area (Å²) >= 11 is 5.54. The lowest BCUT2D eigenvalue weighted by atomic mass is 10.2. The smallest absolute Gasteiger partial charge is 0.251 e.